The molecule has 0 radical (unpaired) electrons. The topological polar surface area (TPSA) is 21.7 Å². The van der Waals surface area contributed by atoms with Crippen molar-refractivity contribution in [3.05, 3.63) is 24.3 Å². The van der Waals surface area contributed by atoms with Gasteiger partial charge in [-0.25, -0.2) is 0 Å². The van der Waals surface area contributed by atoms with Gasteiger partial charge in [-0.05, 0) is 64.5 Å². The van der Waals surface area contributed by atoms with Crippen LogP contribution in [0.5, 0.6) is 0 Å². The Balaban J connectivity index is 1.97. The van der Waals surface area contributed by atoms with Crippen LogP contribution >= 0.6 is 0 Å². The van der Waals surface area contributed by atoms with Gasteiger partial charge in [0.2, 0.25) is 0 Å². The molecule has 40 heavy (non-hydrogen) atoms. The molecule has 0 aromatic heterocycles. The van der Waals surface area contributed by atoms with Gasteiger partial charge in [0, 0.05) is 19.8 Å². The Bertz CT molecular complexity index is 540. The van der Waals surface area contributed by atoms with Crippen LogP contribution in [0.1, 0.15) is 168 Å². The summed E-state index contributed by atoms with van der Waals surface area (Å²) in [4.78, 5) is 2.58. The van der Waals surface area contributed by atoms with Gasteiger partial charge < -0.3 is 14.4 Å². The number of ether oxygens (including phenoxy) is 2. The normalized spacial score (nSPS) is 15.2. The molecule has 1 heterocycles. The first-order chi connectivity index (χ1) is 19.9. The van der Waals surface area contributed by atoms with Crippen LogP contribution in [-0.4, -0.2) is 50.5 Å². The van der Waals surface area contributed by atoms with E-state index in [1.807, 2.05) is 0 Å². The SMILES string of the molecule is CCC/C=C\C/C=C\CCCCCCCCOCC(CN1CCCC1)OCCCCCCCCCCCCCC. The Hall–Kier alpha value is -0.640. The third-order valence-corrected chi connectivity index (χ3v) is 8.29. The molecule has 3 nitrogen and oxygen atoms in total. The summed E-state index contributed by atoms with van der Waals surface area (Å²) in [6.45, 7) is 10.6. The molecule has 1 unspecified atom stereocenters. The molecule has 0 aliphatic carbocycles. The van der Waals surface area contributed by atoms with Crippen molar-refractivity contribution in [2.24, 2.45) is 0 Å². The van der Waals surface area contributed by atoms with Crippen molar-refractivity contribution in [2.45, 2.75) is 174 Å². The molecule has 0 aromatic rings. The van der Waals surface area contributed by atoms with E-state index in [4.69, 9.17) is 9.47 Å². The van der Waals surface area contributed by atoms with Crippen LogP contribution < -0.4 is 0 Å². The van der Waals surface area contributed by atoms with Crippen LogP contribution in [-0.2, 0) is 9.47 Å². The molecular formula is C37H71NO2. The molecule has 1 aliphatic heterocycles. The summed E-state index contributed by atoms with van der Waals surface area (Å²) in [5, 5.41) is 0. The number of likely N-dealkylation sites (tertiary alicyclic amines) is 1. The van der Waals surface area contributed by atoms with Gasteiger partial charge in [0.05, 0.1) is 12.7 Å². The lowest BCUT2D eigenvalue weighted by Gasteiger charge is -2.24. The Morgan fingerprint density at radius 3 is 1.68 bits per heavy atom. The van der Waals surface area contributed by atoms with E-state index in [1.165, 1.54) is 161 Å². The first-order valence-corrected chi connectivity index (χ1v) is 18.1. The summed E-state index contributed by atoms with van der Waals surface area (Å²) in [6.07, 6.45) is 41.7. The van der Waals surface area contributed by atoms with Gasteiger partial charge >= 0.3 is 0 Å². The van der Waals surface area contributed by atoms with Crippen molar-refractivity contribution in [1.82, 2.24) is 4.90 Å². The van der Waals surface area contributed by atoms with Gasteiger partial charge in [-0.1, -0.05) is 141 Å². The third kappa shape index (κ3) is 26.3. The lowest BCUT2D eigenvalue weighted by Crippen LogP contribution is -2.35. The third-order valence-electron chi connectivity index (χ3n) is 8.29. The smallest absolute Gasteiger partial charge is 0.0934 e. The molecule has 1 fully saturated rings. The summed E-state index contributed by atoms with van der Waals surface area (Å²) in [5.41, 5.74) is 0. The molecule has 1 atom stereocenters. The summed E-state index contributed by atoms with van der Waals surface area (Å²) in [6, 6.07) is 0. The molecule has 0 bridgehead atoms. The Morgan fingerprint density at radius 2 is 1.07 bits per heavy atom. The maximum Gasteiger partial charge on any atom is 0.0934 e. The van der Waals surface area contributed by atoms with E-state index in [-0.39, 0.29) is 6.10 Å². The van der Waals surface area contributed by atoms with Gasteiger partial charge in [-0.15, -0.1) is 0 Å². The lowest BCUT2D eigenvalue weighted by molar-refractivity contribution is -0.0316. The quantitative estimate of drug-likeness (QED) is 0.0620. The van der Waals surface area contributed by atoms with Crippen LogP contribution in [0.25, 0.3) is 0 Å². The monoisotopic (exact) mass is 562 g/mol. The minimum absolute atomic E-state index is 0.251. The average Bonchev–Trinajstić information content (AvgIpc) is 3.48. The minimum atomic E-state index is 0.251. The van der Waals surface area contributed by atoms with Crippen molar-refractivity contribution < 1.29 is 9.47 Å². The fourth-order valence-corrected chi connectivity index (χ4v) is 5.66. The number of rotatable bonds is 31. The van der Waals surface area contributed by atoms with E-state index in [1.54, 1.807) is 0 Å². The summed E-state index contributed by atoms with van der Waals surface area (Å²) in [7, 11) is 0. The predicted octanol–water partition coefficient (Wildman–Crippen LogP) is 11.2. The number of nitrogens with zero attached hydrogens (tertiary/aromatic N) is 1. The molecule has 236 valence electrons. The molecule has 0 N–H and O–H groups in total. The molecule has 1 saturated heterocycles. The highest BCUT2D eigenvalue weighted by atomic mass is 16.5. The van der Waals surface area contributed by atoms with E-state index in [0.717, 1.165) is 32.8 Å². The lowest BCUT2D eigenvalue weighted by atomic mass is 10.1. The standard InChI is InChI=1S/C37H71NO2/c1-3-5-7-9-11-13-15-17-18-19-21-23-25-29-33-39-36-37(35-38-31-27-28-32-38)40-34-30-26-24-22-20-16-14-12-10-8-6-4-2/h7,9,13,15,37H,3-6,8,10-12,14,16-36H2,1-2H3/b9-7-,15-13-. The van der Waals surface area contributed by atoms with Crippen LogP contribution in [0, 0.1) is 0 Å². The molecule has 1 aliphatic rings. The fourth-order valence-electron chi connectivity index (χ4n) is 5.66. The molecule has 1 rings (SSSR count). The molecule has 0 saturated carbocycles. The van der Waals surface area contributed by atoms with Gasteiger partial charge in [0.1, 0.15) is 0 Å². The predicted molar refractivity (Wildman–Crippen MR) is 177 cm³/mol. The minimum Gasteiger partial charge on any atom is -0.379 e. The fraction of sp³-hybridized carbons (Fsp3) is 0.892. The van der Waals surface area contributed by atoms with Crippen LogP contribution in [0.15, 0.2) is 24.3 Å². The van der Waals surface area contributed by atoms with E-state index in [9.17, 15) is 0 Å². The Kier molecular flexibility index (Phi) is 29.3. The van der Waals surface area contributed by atoms with E-state index < -0.39 is 0 Å². The highest BCUT2D eigenvalue weighted by Gasteiger charge is 2.18. The van der Waals surface area contributed by atoms with Crippen molar-refractivity contribution in [2.75, 3.05) is 39.5 Å². The van der Waals surface area contributed by atoms with Crippen LogP contribution in [0.2, 0.25) is 0 Å². The maximum absolute atomic E-state index is 6.34. The highest BCUT2D eigenvalue weighted by Crippen LogP contribution is 2.14. The van der Waals surface area contributed by atoms with Gasteiger partial charge in [0.15, 0.2) is 0 Å². The largest absolute Gasteiger partial charge is 0.379 e. The summed E-state index contributed by atoms with van der Waals surface area (Å²) < 4.78 is 12.5. The average molecular weight is 562 g/mol. The molecule has 0 spiro atoms. The number of hydrogen-bond acceptors (Lipinski definition) is 3. The second-order valence-corrected chi connectivity index (χ2v) is 12.3. The molecule has 0 aromatic carbocycles. The second kappa shape index (κ2) is 31.3. The Morgan fingerprint density at radius 1 is 0.550 bits per heavy atom. The van der Waals surface area contributed by atoms with Gasteiger partial charge in [-0.2, -0.15) is 0 Å². The number of allylic oxidation sites excluding steroid dienone is 4. The Labute approximate surface area is 251 Å². The molecule has 0 amide bonds. The first kappa shape index (κ1) is 37.4. The maximum atomic E-state index is 6.34. The van der Waals surface area contributed by atoms with E-state index in [0.29, 0.717) is 0 Å². The van der Waals surface area contributed by atoms with Crippen LogP contribution in [0.3, 0.4) is 0 Å². The van der Waals surface area contributed by atoms with Crippen molar-refractivity contribution in [1.29, 1.82) is 0 Å². The zero-order chi connectivity index (χ0) is 28.6. The van der Waals surface area contributed by atoms with Gasteiger partial charge in [0.25, 0.3) is 0 Å². The van der Waals surface area contributed by atoms with E-state index >= 15 is 0 Å². The molecule has 3 heteroatoms. The second-order valence-electron chi connectivity index (χ2n) is 12.3. The number of unbranched alkanes of at least 4 members (excludes halogenated alkanes) is 18. The van der Waals surface area contributed by atoms with E-state index in [2.05, 4.69) is 43.1 Å². The van der Waals surface area contributed by atoms with Crippen molar-refractivity contribution >= 4 is 0 Å². The zero-order valence-electron chi connectivity index (χ0n) is 27.4. The van der Waals surface area contributed by atoms with Crippen molar-refractivity contribution in [3.63, 3.8) is 0 Å². The summed E-state index contributed by atoms with van der Waals surface area (Å²) >= 11 is 0. The summed E-state index contributed by atoms with van der Waals surface area (Å²) in [5.74, 6) is 0. The van der Waals surface area contributed by atoms with Crippen LogP contribution in [0.4, 0.5) is 0 Å². The molecular weight excluding hydrogens is 490 g/mol. The highest BCUT2D eigenvalue weighted by molar-refractivity contribution is 4.92. The van der Waals surface area contributed by atoms with Crippen molar-refractivity contribution in [3.8, 4) is 0 Å². The zero-order valence-corrected chi connectivity index (χ0v) is 27.4. The van der Waals surface area contributed by atoms with Gasteiger partial charge in [-0.3, -0.25) is 0 Å². The number of hydrogen-bond donors (Lipinski definition) is 0. The first-order valence-electron chi connectivity index (χ1n) is 18.1.